The zero-order valence-electron chi connectivity index (χ0n) is 6.95. The molecule has 1 rings (SSSR count). The summed E-state index contributed by atoms with van der Waals surface area (Å²) in [5.41, 5.74) is -1.68. The molecular weight excluding hydrogens is 256 g/mol. The Labute approximate surface area is 88.1 Å². The molecule has 1 aromatic rings. The van der Waals surface area contributed by atoms with E-state index in [1.807, 2.05) is 6.07 Å². The van der Waals surface area contributed by atoms with Crippen molar-refractivity contribution in [1.29, 1.82) is 0 Å². The van der Waals surface area contributed by atoms with Gasteiger partial charge in [0.15, 0.2) is 5.60 Å². The molecule has 0 amide bonds. The van der Waals surface area contributed by atoms with Crippen molar-refractivity contribution in [3.8, 4) is 0 Å². The monoisotopic (exact) mass is 264 g/mol. The van der Waals surface area contributed by atoms with Gasteiger partial charge in [0.2, 0.25) is 0 Å². The van der Waals surface area contributed by atoms with E-state index in [1.165, 1.54) is 18.3 Å². The van der Waals surface area contributed by atoms with Crippen LogP contribution in [0, 0.1) is 0 Å². The lowest BCUT2D eigenvalue weighted by Gasteiger charge is -2.16. The number of aliphatic carboxylic acids is 1. The normalized spacial score (nSPS) is 15.3. The van der Waals surface area contributed by atoms with Gasteiger partial charge in [-0.2, -0.15) is 0 Å². The summed E-state index contributed by atoms with van der Waals surface area (Å²) in [5, 5.41) is 18.1. The molecule has 0 aliphatic carbocycles. The van der Waals surface area contributed by atoms with Gasteiger partial charge < -0.3 is 10.2 Å². The maximum atomic E-state index is 10.6. The molecular formula is C8H9BrO3S. The Hall–Kier alpha value is -0.390. The van der Waals surface area contributed by atoms with Crippen LogP contribution in [0.15, 0.2) is 15.9 Å². The minimum Gasteiger partial charge on any atom is -0.479 e. The van der Waals surface area contributed by atoms with Crippen LogP contribution < -0.4 is 0 Å². The third-order valence-corrected chi connectivity index (χ3v) is 3.23. The van der Waals surface area contributed by atoms with Crippen molar-refractivity contribution in [3.05, 3.63) is 20.8 Å². The first-order valence-corrected chi connectivity index (χ1v) is 5.23. The molecule has 1 unspecified atom stereocenters. The number of hydrogen-bond donors (Lipinski definition) is 2. The van der Waals surface area contributed by atoms with Crippen molar-refractivity contribution in [2.45, 2.75) is 18.9 Å². The predicted molar refractivity (Wildman–Crippen MR) is 54.0 cm³/mol. The zero-order valence-corrected chi connectivity index (χ0v) is 9.35. The maximum Gasteiger partial charge on any atom is 0.335 e. The molecule has 1 aromatic heterocycles. The lowest BCUT2D eigenvalue weighted by Crippen LogP contribution is -2.36. The van der Waals surface area contributed by atoms with Gasteiger partial charge in [0.05, 0.1) is 3.79 Å². The highest BCUT2D eigenvalue weighted by Gasteiger charge is 2.30. The van der Waals surface area contributed by atoms with E-state index in [4.69, 9.17) is 5.11 Å². The molecule has 0 saturated carbocycles. The molecule has 3 nitrogen and oxygen atoms in total. The summed E-state index contributed by atoms with van der Waals surface area (Å²) in [6, 6.07) is 3.63. The van der Waals surface area contributed by atoms with Crippen molar-refractivity contribution in [2.24, 2.45) is 0 Å². The van der Waals surface area contributed by atoms with Crippen LogP contribution in [0.5, 0.6) is 0 Å². The minimum atomic E-state index is -1.68. The fourth-order valence-corrected chi connectivity index (χ4v) is 2.49. The van der Waals surface area contributed by atoms with Crippen molar-refractivity contribution >= 4 is 33.2 Å². The summed E-state index contributed by atoms with van der Waals surface area (Å²) in [4.78, 5) is 11.4. The summed E-state index contributed by atoms with van der Waals surface area (Å²) in [6.45, 7) is 1.29. The van der Waals surface area contributed by atoms with Gasteiger partial charge in [0.25, 0.3) is 0 Å². The van der Waals surface area contributed by atoms with Crippen LogP contribution in [-0.4, -0.2) is 21.8 Å². The molecule has 0 aliphatic heterocycles. The van der Waals surface area contributed by atoms with Crippen LogP contribution in [0.3, 0.4) is 0 Å². The summed E-state index contributed by atoms with van der Waals surface area (Å²) in [7, 11) is 0. The Bertz CT molecular complexity index is 319. The van der Waals surface area contributed by atoms with Gasteiger partial charge in [0, 0.05) is 11.3 Å². The molecule has 0 aromatic carbocycles. The highest BCUT2D eigenvalue weighted by molar-refractivity contribution is 9.11. The van der Waals surface area contributed by atoms with Crippen LogP contribution in [0.4, 0.5) is 0 Å². The van der Waals surface area contributed by atoms with Crippen LogP contribution in [0.25, 0.3) is 0 Å². The van der Waals surface area contributed by atoms with Crippen LogP contribution in [0.2, 0.25) is 0 Å². The van der Waals surface area contributed by atoms with Gasteiger partial charge in [-0.15, -0.1) is 11.3 Å². The maximum absolute atomic E-state index is 10.6. The molecule has 0 saturated heterocycles. The van der Waals surface area contributed by atoms with E-state index < -0.39 is 11.6 Å². The third-order valence-electron chi connectivity index (χ3n) is 1.61. The summed E-state index contributed by atoms with van der Waals surface area (Å²) >= 11 is 4.69. The first-order valence-electron chi connectivity index (χ1n) is 3.62. The van der Waals surface area contributed by atoms with E-state index in [1.54, 1.807) is 6.07 Å². The summed E-state index contributed by atoms with van der Waals surface area (Å²) in [5.74, 6) is -1.20. The predicted octanol–water partition coefficient (Wildman–Crippen LogP) is 1.89. The first kappa shape index (κ1) is 10.7. The molecule has 72 valence electrons. The van der Waals surface area contributed by atoms with Crippen molar-refractivity contribution in [3.63, 3.8) is 0 Å². The van der Waals surface area contributed by atoms with Gasteiger partial charge >= 0.3 is 5.97 Å². The van der Waals surface area contributed by atoms with Crippen molar-refractivity contribution < 1.29 is 15.0 Å². The van der Waals surface area contributed by atoms with E-state index in [0.717, 1.165) is 8.66 Å². The number of halogens is 1. The second-order valence-electron chi connectivity index (χ2n) is 2.96. The summed E-state index contributed by atoms with van der Waals surface area (Å²) in [6.07, 6.45) is 0.137. The Morgan fingerprint density at radius 1 is 1.69 bits per heavy atom. The van der Waals surface area contributed by atoms with E-state index in [9.17, 15) is 9.90 Å². The van der Waals surface area contributed by atoms with E-state index >= 15 is 0 Å². The second-order valence-corrected chi connectivity index (χ2v) is 5.51. The first-order chi connectivity index (χ1) is 5.92. The van der Waals surface area contributed by atoms with Gasteiger partial charge in [-0.05, 0) is 35.0 Å². The summed E-state index contributed by atoms with van der Waals surface area (Å²) < 4.78 is 0.934. The standard InChI is InChI=1S/C8H9BrO3S/c1-8(12,7(10)11)4-5-2-3-6(9)13-5/h2-3,12H,4H2,1H3,(H,10,11). The number of carboxylic acids is 1. The number of thiophene rings is 1. The third kappa shape index (κ3) is 2.79. The highest BCUT2D eigenvalue weighted by Crippen LogP contribution is 2.25. The molecule has 0 aliphatic rings. The second kappa shape index (κ2) is 3.77. The van der Waals surface area contributed by atoms with Gasteiger partial charge in [0.1, 0.15) is 0 Å². The average Bonchev–Trinajstić information content (AvgIpc) is 2.34. The Balaban J connectivity index is 2.74. The van der Waals surface area contributed by atoms with Gasteiger partial charge in [-0.25, -0.2) is 4.79 Å². The average molecular weight is 265 g/mol. The molecule has 0 spiro atoms. The number of rotatable bonds is 3. The molecule has 2 N–H and O–H groups in total. The molecule has 0 bridgehead atoms. The van der Waals surface area contributed by atoms with Crippen LogP contribution in [-0.2, 0) is 11.2 Å². The van der Waals surface area contributed by atoms with E-state index in [0.29, 0.717) is 0 Å². The Morgan fingerprint density at radius 2 is 2.31 bits per heavy atom. The molecule has 5 heteroatoms. The van der Waals surface area contributed by atoms with E-state index in [2.05, 4.69) is 15.9 Å². The molecule has 0 fully saturated rings. The topological polar surface area (TPSA) is 57.5 Å². The van der Waals surface area contributed by atoms with Gasteiger partial charge in [-0.3, -0.25) is 0 Å². The SMILES string of the molecule is CC(O)(Cc1ccc(Br)s1)C(=O)O. The highest BCUT2D eigenvalue weighted by atomic mass is 79.9. The number of carboxylic acid groups (broad SMARTS) is 1. The molecule has 13 heavy (non-hydrogen) atoms. The van der Waals surface area contributed by atoms with Crippen LogP contribution in [0.1, 0.15) is 11.8 Å². The van der Waals surface area contributed by atoms with Crippen molar-refractivity contribution in [1.82, 2.24) is 0 Å². The minimum absolute atomic E-state index is 0.137. The number of carbonyl (C=O) groups is 1. The Kier molecular flexibility index (Phi) is 3.10. The lowest BCUT2D eigenvalue weighted by atomic mass is 10.0. The lowest BCUT2D eigenvalue weighted by molar-refractivity contribution is -0.156. The molecule has 0 radical (unpaired) electrons. The van der Waals surface area contributed by atoms with E-state index in [-0.39, 0.29) is 6.42 Å². The Morgan fingerprint density at radius 3 is 2.69 bits per heavy atom. The smallest absolute Gasteiger partial charge is 0.335 e. The molecule has 1 heterocycles. The number of aliphatic hydroxyl groups is 1. The van der Waals surface area contributed by atoms with Gasteiger partial charge in [-0.1, -0.05) is 0 Å². The fraction of sp³-hybridized carbons (Fsp3) is 0.375. The fourth-order valence-electron chi connectivity index (χ4n) is 0.862. The van der Waals surface area contributed by atoms with Crippen LogP contribution >= 0.6 is 27.3 Å². The largest absolute Gasteiger partial charge is 0.479 e. The zero-order chi connectivity index (χ0) is 10.1. The number of hydrogen-bond acceptors (Lipinski definition) is 3. The quantitative estimate of drug-likeness (QED) is 0.877. The van der Waals surface area contributed by atoms with Crippen molar-refractivity contribution in [2.75, 3.05) is 0 Å². The molecule has 1 atom stereocenters.